The average molecular weight is 258 g/mol. The van der Waals surface area contributed by atoms with Crippen molar-refractivity contribution in [3.63, 3.8) is 0 Å². The molecule has 0 aliphatic rings. The molecule has 0 saturated heterocycles. The number of anilines is 1. The van der Waals surface area contributed by atoms with E-state index in [4.69, 9.17) is 21.4 Å². The fourth-order valence-corrected chi connectivity index (χ4v) is 1.54. The van der Waals surface area contributed by atoms with E-state index in [0.29, 0.717) is 22.9 Å². The molecule has 1 amide bonds. The summed E-state index contributed by atoms with van der Waals surface area (Å²) in [7, 11) is 1.53. The molecule has 0 atom stereocenters. The van der Waals surface area contributed by atoms with Gasteiger partial charge in [-0.25, -0.2) is 0 Å². The third-order valence-electron chi connectivity index (χ3n) is 2.32. The molecule has 0 radical (unpaired) electrons. The molecule has 0 bridgehead atoms. The monoisotopic (exact) mass is 257 g/mol. The average Bonchev–Trinajstić information content (AvgIpc) is 2.31. The van der Waals surface area contributed by atoms with Crippen LogP contribution >= 0.6 is 11.6 Å². The Kier molecular flexibility index (Phi) is 5.25. The molecule has 4 nitrogen and oxygen atoms in total. The van der Waals surface area contributed by atoms with E-state index in [2.05, 4.69) is 5.32 Å². The molecule has 0 fully saturated rings. The van der Waals surface area contributed by atoms with Crippen molar-refractivity contribution in [2.45, 2.75) is 19.8 Å². The lowest BCUT2D eigenvalue weighted by Crippen LogP contribution is -2.12. The number of amides is 1. The largest absolute Gasteiger partial charge is 0.495 e. The van der Waals surface area contributed by atoms with Gasteiger partial charge in [0, 0.05) is 18.1 Å². The number of carbonyl (C=O) groups excluding carboxylic acids is 1. The first-order chi connectivity index (χ1) is 8.08. The van der Waals surface area contributed by atoms with Gasteiger partial charge in [-0.1, -0.05) is 11.6 Å². The molecule has 0 aliphatic carbocycles. The fourth-order valence-electron chi connectivity index (χ4n) is 1.37. The third kappa shape index (κ3) is 3.91. The summed E-state index contributed by atoms with van der Waals surface area (Å²) in [6.07, 6.45) is 0.707. The number of hydrogen-bond acceptors (Lipinski definition) is 3. The molecule has 0 saturated carbocycles. The number of benzene rings is 1. The highest BCUT2D eigenvalue weighted by Crippen LogP contribution is 2.30. The van der Waals surface area contributed by atoms with E-state index in [9.17, 15) is 4.79 Å². The van der Waals surface area contributed by atoms with Gasteiger partial charge in [0.2, 0.25) is 5.91 Å². The van der Waals surface area contributed by atoms with Gasteiger partial charge in [-0.3, -0.25) is 4.79 Å². The van der Waals surface area contributed by atoms with E-state index < -0.39 is 0 Å². The van der Waals surface area contributed by atoms with Crippen LogP contribution in [0.3, 0.4) is 0 Å². The Bertz CT molecular complexity index is 407. The minimum Gasteiger partial charge on any atom is -0.495 e. The molecular formula is C12H16ClNO3. The number of aliphatic hydroxyl groups is 1. The number of rotatable bonds is 5. The fraction of sp³-hybridized carbons (Fsp3) is 0.417. The van der Waals surface area contributed by atoms with Gasteiger partial charge in [-0.2, -0.15) is 0 Å². The summed E-state index contributed by atoms with van der Waals surface area (Å²) in [5, 5.41) is 11.9. The van der Waals surface area contributed by atoms with E-state index in [-0.39, 0.29) is 18.9 Å². The number of halogens is 1. The first kappa shape index (κ1) is 13.8. The maximum Gasteiger partial charge on any atom is 0.224 e. The number of hydrogen-bond donors (Lipinski definition) is 2. The molecule has 1 aromatic rings. The van der Waals surface area contributed by atoms with Gasteiger partial charge in [-0.05, 0) is 31.0 Å². The Morgan fingerprint density at radius 3 is 2.82 bits per heavy atom. The number of carbonyl (C=O) groups is 1. The van der Waals surface area contributed by atoms with Crippen LogP contribution in [-0.4, -0.2) is 24.7 Å². The lowest BCUT2D eigenvalue weighted by atomic mass is 10.2. The van der Waals surface area contributed by atoms with Gasteiger partial charge in [-0.15, -0.1) is 0 Å². The number of aliphatic hydroxyl groups excluding tert-OH is 1. The second-order valence-electron chi connectivity index (χ2n) is 3.68. The molecule has 0 aromatic heterocycles. The van der Waals surface area contributed by atoms with Crippen LogP contribution in [0.1, 0.15) is 18.4 Å². The SMILES string of the molecule is COc1cc(C)c(Cl)cc1NC(=O)CCCO. The first-order valence-corrected chi connectivity index (χ1v) is 5.71. The Labute approximate surface area is 106 Å². The second-order valence-corrected chi connectivity index (χ2v) is 4.08. The van der Waals surface area contributed by atoms with Gasteiger partial charge in [0.05, 0.1) is 12.8 Å². The van der Waals surface area contributed by atoms with Crippen LogP contribution in [0, 0.1) is 6.92 Å². The zero-order valence-corrected chi connectivity index (χ0v) is 10.7. The van der Waals surface area contributed by atoms with E-state index in [1.54, 1.807) is 12.1 Å². The van der Waals surface area contributed by atoms with Crippen molar-refractivity contribution in [1.29, 1.82) is 0 Å². The van der Waals surface area contributed by atoms with Gasteiger partial charge < -0.3 is 15.2 Å². The van der Waals surface area contributed by atoms with Gasteiger partial charge >= 0.3 is 0 Å². The maximum atomic E-state index is 11.5. The summed E-state index contributed by atoms with van der Waals surface area (Å²) < 4.78 is 5.16. The zero-order valence-electron chi connectivity index (χ0n) is 9.92. The Hall–Kier alpha value is -1.26. The predicted molar refractivity (Wildman–Crippen MR) is 67.7 cm³/mol. The molecule has 1 aromatic carbocycles. The molecule has 0 spiro atoms. The summed E-state index contributed by atoms with van der Waals surface area (Å²) in [6, 6.07) is 3.43. The molecule has 17 heavy (non-hydrogen) atoms. The Morgan fingerprint density at radius 1 is 1.53 bits per heavy atom. The highest BCUT2D eigenvalue weighted by atomic mass is 35.5. The number of nitrogens with one attached hydrogen (secondary N) is 1. The number of aryl methyl sites for hydroxylation is 1. The summed E-state index contributed by atoms with van der Waals surface area (Å²) in [6.45, 7) is 1.86. The van der Waals surface area contributed by atoms with Gasteiger partial charge in [0.1, 0.15) is 5.75 Å². The minimum atomic E-state index is -0.169. The summed E-state index contributed by atoms with van der Waals surface area (Å²) >= 11 is 5.98. The summed E-state index contributed by atoms with van der Waals surface area (Å²) in [5.74, 6) is 0.404. The molecule has 94 valence electrons. The van der Waals surface area contributed by atoms with Gasteiger partial charge in [0.25, 0.3) is 0 Å². The highest BCUT2D eigenvalue weighted by molar-refractivity contribution is 6.31. The van der Waals surface area contributed by atoms with Crippen LogP contribution in [0.2, 0.25) is 5.02 Å². The standard InChI is InChI=1S/C12H16ClNO3/c1-8-6-11(17-2)10(7-9(8)13)14-12(16)4-3-5-15/h6-7,15H,3-5H2,1-2H3,(H,14,16). The smallest absolute Gasteiger partial charge is 0.224 e. The van der Waals surface area contributed by atoms with Crippen LogP contribution in [0.5, 0.6) is 5.75 Å². The second kappa shape index (κ2) is 6.47. The van der Waals surface area contributed by atoms with Crippen LogP contribution in [0.4, 0.5) is 5.69 Å². The van der Waals surface area contributed by atoms with Gasteiger partial charge in [0.15, 0.2) is 0 Å². The lowest BCUT2D eigenvalue weighted by Gasteiger charge is -2.12. The van der Waals surface area contributed by atoms with Crippen molar-refractivity contribution in [2.75, 3.05) is 19.0 Å². The van der Waals surface area contributed by atoms with Crippen molar-refractivity contribution in [1.82, 2.24) is 0 Å². The van der Waals surface area contributed by atoms with Crippen molar-refractivity contribution in [3.05, 3.63) is 22.7 Å². The van der Waals surface area contributed by atoms with Crippen LogP contribution in [-0.2, 0) is 4.79 Å². The van der Waals surface area contributed by atoms with E-state index >= 15 is 0 Å². The highest BCUT2D eigenvalue weighted by Gasteiger charge is 2.09. The maximum absolute atomic E-state index is 11.5. The number of ether oxygens (including phenoxy) is 1. The van der Waals surface area contributed by atoms with Crippen molar-refractivity contribution in [3.8, 4) is 5.75 Å². The molecule has 0 unspecified atom stereocenters. The Balaban J connectivity index is 2.82. The zero-order chi connectivity index (χ0) is 12.8. The van der Waals surface area contributed by atoms with Crippen LogP contribution in [0.25, 0.3) is 0 Å². The quantitative estimate of drug-likeness (QED) is 0.851. The molecule has 0 heterocycles. The third-order valence-corrected chi connectivity index (χ3v) is 2.72. The molecule has 1 rings (SSSR count). The van der Waals surface area contributed by atoms with E-state index in [0.717, 1.165) is 5.56 Å². The van der Waals surface area contributed by atoms with Crippen molar-refractivity contribution in [2.24, 2.45) is 0 Å². The van der Waals surface area contributed by atoms with Crippen molar-refractivity contribution >= 4 is 23.2 Å². The summed E-state index contributed by atoms with van der Waals surface area (Å²) in [5.41, 5.74) is 1.43. The van der Waals surface area contributed by atoms with E-state index in [1.807, 2.05) is 6.92 Å². The summed E-state index contributed by atoms with van der Waals surface area (Å²) in [4.78, 5) is 11.5. The van der Waals surface area contributed by atoms with Crippen molar-refractivity contribution < 1.29 is 14.6 Å². The van der Waals surface area contributed by atoms with E-state index in [1.165, 1.54) is 7.11 Å². The molecule has 5 heteroatoms. The molecule has 0 aliphatic heterocycles. The molecular weight excluding hydrogens is 242 g/mol. The van der Waals surface area contributed by atoms with Crippen LogP contribution in [0.15, 0.2) is 12.1 Å². The Morgan fingerprint density at radius 2 is 2.24 bits per heavy atom. The normalized spacial score (nSPS) is 10.1. The first-order valence-electron chi connectivity index (χ1n) is 5.33. The molecule has 2 N–H and O–H groups in total. The lowest BCUT2D eigenvalue weighted by molar-refractivity contribution is -0.116. The number of methoxy groups -OCH3 is 1. The topological polar surface area (TPSA) is 58.6 Å². The predicted octanol–water partition coefficient (Wildman–Crippen LogP) is 2.37. The van der Waals surface area contributed by atoms with Crippen LogP contribution < -0.4 is 10.1 Å². The minimum absolute atomic E-state index is 0.000785.